The van der Waals surface area contributed by atoms with Crippen molar-refractivity contribution in [3.05, 3.63) is 10.0 Å². The molecule has 0 aromatic rings. The van der Waals surface area contributed by atoms with Crippen LogP contribution in [-0.2, 0) is 9.84 Å². The molecule has 84 valence electrons. The molecule has 1 fully saturated rings. The summed E-state index contributed by atoms with van der Waals surface area (Å²) in [6.45, 7) is 2.41. The van der Waals surface area contributed by atoms with Gasteiger partial charge >= 0.3 is 0 Å². The molecule has 0 N–H and O–H groups in total. The van der Waals surface area contributed by atoms with Crippen molar-refractivity contribution in [1.82, 2.24) is 4.90 Å². The largest absolute Gasteiger partial charge is 0.297 e. The van der Waals surface area contributed by atoms with Gasteiger partial charge in [-0.25, -0.2) is 13.4 Å². The number of aliphatic imine (C=N–C) groups is 1. The second-order valence-electron chi connectivity index (χ2n) is 3.80. The Morgan fingerprint density at radius 1 is 1.33 bits per heavy atom. The summed E-state index contributed by atoms with van der Waals surface area (Å²) in [5, 5.41) is 0.274. The number of rotatable bonds is 2. The van der Waals surface area contributed by atoms with Crippen LogP contribution >= 0.6 is 15.9 Å². The molecule has 4 nitrogen and oxygen atoms in total. The Kier molecular flexibility index (Phi) is 3.27. The van der Waals surface area contributed by atoms with Crippen LogP contribution in [0.1, 0.15) is 19.3 Å². The first-order chi connectivity index (χ1) is 7.10. The van der Waals surface area contributed by atoms with Gasteiger partial charge in [-0.05, 0) is 41.9 Å². The Bertz CT molecular complexity index is 408. The Morgan fingerprint density at radius 2 is 2.00 bits per heavy atom. The summed E-state index contributed by atoms with van der Waals surface area (Å²) in [5.74, 6) is 0. The molecule has 15 heavy (non-hydrogen) atoms. The number of nitrogens with zero attached hydrogens (tertiary/aromatic N) is 2. The van der Waals surface area contributed by atoms with Crippen molar-refractivity contribution in [3.8, 4) is 0 Å². The second kappa shape index (κ2) is 4.35. The van der Waals surface area contributed by atoms with Gasteiger partial charge in [0.2, 0.25) is 9.84 Å². The van der Waals surface area contributed by atoms with Crippen molar-refractivity contribution in [3.63, 3.8) is 0 Å². The quantitative estimate of drug-likeness (QED) is 0.775. The van der Waals surface area contributed by atoms with Crippen molar-refractivity contribution in [1.29, 1.82) is 0 Å². The summed E-state index contributed by atoms with van der Waals surface area (Å²) in [6, 6.07) is 0. The van der Waals surface area contributed by atoms with E-state index < -0.39 is 9.84 Å². The van der Waals surface area contributed by atoms with Gasteiger partial charge in [0.25, 0.3) is 0 Å². The maximum absolute atomic E-state index is 11.7. The van der Waals surface area contributed by atoms with Crippen LogP contribution in [-0.4, -0.2) is 38.0 Å². The van der Waals surface area contributed by atoms with Gasteiger partial charge < -0.3 is 0 Å². The van der Waals surface area contributed by atoms with Crippen LogP contribution in [0.4, 0.5) is 0 Å². The molecule has 1 saturated heterocycles. The molecule has 0 aliphatic carbocycles. The summed E-state index contributed by atoms with van der Waals surface area (Å²) in [5.41, 5.74) is 0. The van der Waals surface area contributed by atoms with Crippen LogP contribution in [0.5, 0.6) is 0 Å². The zero-order chi connectivity index (χ0) is 10.9. The van der Waals surface area contributed by atoms with E-state index in [1.807, 2.05) is 0 Å². The number of piperidine rings is 1. The van der Waals surface area contributed by atoms with Crippen molar-refractivity contribution >= 4 is 30.8 Å². The van der Waals surface area contributed by atoms with Gasteiger partial charge in [0.1, 0.15) is 3.81 Å². The highest BCUT2D eigenvalue weighted by Gasteiger charge is 2.29. The zero-order valence-electron chi connectivity index (χ0n) is 8.32. The van der Waals surface area contributed by atoms with E-state index in [9.17, 15) is 8.42 Å². The molecule has 0 bridgehead atoms. The van der Waals surface area contributed by atoms with Crippen molar-refractivity contribution in [2.24, 2.45) is 4.99 Å². The number of hydrogen-bond donors (Lipinski definition) is 0. The first kappa shape index (κ1) is 11.3. The summed E-state index contributed by atoms with van der Waals surface area (Å²) in [6.07, 6.45) is 4.93. The molecule has 0 radical (unpaired) electrons. The Morgan fingerprint density at radius 3 is 2.53 bits per heavy atom. The summed E-state index contributed by atoms with van der Waals surface area (Å²) in [4.78, 5) is 6.09. The molecule has 2 heterocycles. The van der Waals surface area contributed by atoms with Crippen molar-refractivity contribution in [2.45, 2.75) is 19.3 Å². The number of sulfone groups is 1. The molecular weight excluding hydrogens is 280 g/mol. The van der Waals surface area contributed by atoms with E-state index in [0.717, 1.165) is 25.9 Å². The first-order valence-electron chi connectivity index (χ1n) is 5.00. The second-order valence-corrected chi connectivity index (χ2v) is 7.09. The fourth-order valence-corrected chi connectivity index (χ4v) is 3.43. The van der Waals surface area contributed by atoms with Gasteiger partial charge in [0.05, 0.1) is 12.7 Å². The molecular formula is C9H13BrN2O2S. The first-order valence-corrected chi connectivity index (χ1v) is 7.28. The fourth-order valence-electron chi connectivity index (χ4n) is 1.81. The molecule has 2 rings (SSSR count). The van der Waals surface area contributed by atoms with Crippen LogP contribution in [0, 0.1) is 0 Å². The van der Waals surface area contributed by atoms with E-state index >= 15 is 0 Å². The molecule has 2 aliphatic heterocycles. The molecule has 0 aromatic carbocycles. The molecule has 6 heteroatoms. The predicted molar refractivity (Wildman–Crippen MR) is 63.7 cm³/mol. The minimum Gasteiger partial charge on any atom is -0.297 e. The minimum absolute atomic E-state index is 0.182. The van der Waals surface area contributed by atoms with Gasteiger partial charge in [0.15, 0.2) is 5.04 Å². The third-order valence-corrected chi connectivity index (χ3v) is 5.64. The molecule has 2 aliphatic rings. The van der Waals surface area contributed by atoms with Gasteiger partial charge in [0, 0.05) is 0 Å². The highest BCUT2D eigenvalue weighted by Crippen LogP contribution is 2.23. The highest BCUT2D eigenvalue weighted by atomic mass is 79.9. The molecule has 0 amide bonds. The number of halogens is 1. The van der Waals surface area contributed by atoms with Crippen molar-refractivity contribution in [2.75, 3.05) is 19.6 Å². The van der Waals surface area contributed by atoms with Crippen LogP contribution in [0.25, 0.3) is 0 Å². The van der Waals surface area contributed by atoms with Gasteiger partial charge in [-0.15, -0.1) is 0 Å². The van der Waals surface area contributed by atoms with Gasteiger partial charge in [-0.1, -0.05) is 6.42 Å². The standard InChI is InChI=1S/C9H13BrN2O2S/c10-8-6-11-9(15(8,13)14)7-12-4-2-1-3-5-12/h6H,1-5,7H2. The predicted octanol–water partition coefficient (Wildman–Crippen LogP) is 1.49. The maximum atomic E-state index is 11.7. The van der Waals surface area contributed by atoms with Crippen LogP contribution < -0.4 is 0 Å². The van der Waals surface area contributed by atoms with Crippen LogP contribution in [0.2, 0.25) is 0 Å². The summed E-state index contributed by atoms with van der Waals surface area (Å²) in [7, 11) is -3.28. The van der Waals surface area contributed by atoms with Crippen LogP contribution in [0.3, 0.4) is 0 Å². The average molecular weight is 293 g/mol. The van der Waals surface area contributed by atoms with Gasteiger partial charge in [-0.3, -0.25) is 4.90 Å². The Balaban J connectivity index is 2.02. The van der Waals surface area contributed by atoms with E-state index in [-0.39, 0.29) is 8.86 Å². The fraction of sp³-hybridized carbons (Fsp3) is 0.667. The maximum Gasteiger partial charge on any atom is 0.229 e. The Labute approximate surface area is 98.1 Å². The zero-order valence-corrected chi connectivity index (χ0v) is 10.7. The average Bonchev–Trinajstić information content (AvgIpc) is 2.47. The lowest BCUT2D eigenvalue weighted by Gasteiger charge is -2.25. The lowest BCUT2D eigenvalue weighted by molar-refractivity contribution is 0.259. The molecule has 0 unspecified atom stereocenters. The van der Waals surface area contributed by atoms with E-state index in [4.69, 9.17) is 0 Å². The van der Waals surface area contributed by atoms with E-state index in [2.05, 4.69) is 25.8 Å². The van der Waals surface area contributed by atoms with E-state index in [1.165, 1.54) is 12.6 Å². The number of hydrogen-bond acceptors (Lipinski definition) is 4. The van der Waals surface area contributed by atoms with Crippen molar-refractivity contribution < 1.29 is 8.42 Å². The lowest BCUT2D eigenvalue weighted by Crippen LogP contribution is -2.36. The topological polar surface area (TPSA) is 49.7 Å². The summed E-state index contributed by atoms with van der Waals surface area (Å²) < 4.78 is 23.6. The smallest absolute Gasteiger partial charge is 0.229 e. The van der Waals surface area contributed by atoms with E-state index in [0.29, 0.717) is 6.54 Å². The van der Waals surface area contributed by atoms with Gasteiger partial charge in [-0.2, -0.15) is 0 Å². The normalized spacial score (nSPS) is 26.2. The monoisotopic (exact) mass is 292 g/mol. The van der Waals surface area contributed by atoms with Crippen LogP contribution in [0.15, 0.2) is 15.0 Å². The third kappa shape index (κ3) is 2.32. The molecule has 0 atom stereocenters. The third-order valence-electron chi connectivity index (χ3n) is 2.68. The highest BCUT2D eigenvalue weighted by molar-refractivity contribution is 9.14. The lowest BCUT2D eigenvalue weighted by atomic mass is 10.1. The molecule has 0 saturated carbocycles. The minimum atomic E-state index is -3.28. The molecule has 0 aromatic heterocycles. The van der Waals surface area contributed by atoms with E-state index in [1.54, 1.807) is 0 Å². The SMILES string of the molecule is O=S1(=O)C(Br)=CN=C1CN1CCCCC1. The molecule has 0 spiro atoms. The summed E-state index contributed by atoms with van der Waals surface area (Å²) >= 11 is 3.01. The number of likely N-dealkylation sites (tertiary alicyclic amines) is 1. The Hall–Kier alpha value is -0.200.